The second-order valence-corrected chi connectivity index (χ2v) is 8.44. The summed E-state index contributed by atoms with van der Waals surface area (Å²) in [4.78, 5) is 16.8. The summed E-state index contributed by atoms with van der Waals surface area (Å²) in [6.07, 6.45) is 10.2. The van der Waals surface area contributed by atoms with Crippen molar-refractivity contribution in [3.05, 3.63) is 66.5 Å². The SMILES string of the molecule is C1=CCC(C2NC3=NC[NH+](Cc4ccccn4)CN3c3[nH]c4ccccc4[n+]32)CC1. The van der Waals surface area contributed by atoms with Gasteiger partial charge in [0.15, 0.2) is 12.8 Å². The highest BCUT2D eigenvalue weighted by molar-refractivity contribution is 5.95. The van der Waals surface area contributed by atoms with E-state index < -0.39 is 0 Å². The van der Waals surface area contributed by atoms with E-state index in [2.05, 4.69) is 73.3 Å². The minimum atomic E-state index is 0.216. The van der Waals surface area contributed by atoms with Gasteiger partial charge in [0.1, 0.15) is 17.6 Å². The van der Waals surface area contributed by atoms with Gasteiger partial charge < -0.3 is 5.32 Å². The smallest absolute Gasteiger partial charge is 0.309 e. The van der Waals surface area contributed by atoms with Gasteiger partial charge in [-0.05, 0) is 43.5 Å². The number of H-pyrrole nitrogens is 1. The first-order valence-corrected chi connectivity index (χ1v) is 10.9. The van der Waals surface area contributed by atoms with Crippen LogP contribution in [0.2, 0.25) is 0 Å². The fraction of sp³-hybridized carbons (Fsp3) is 0.348. The lowest BCUT2D eigenvalue weighted by Crippen LogP contribution is -3.14. The number of aliphatic imine (C=N–C) groups is 1. The van der Waals surface area contributed by atoms with Crippen molar-refractivity contribution in [2.45, 2.75) is 32.0 Å². The van der Waals surface area contributed by atoms with Crippen molar-refractivity contribution in [1.29, 1.82) is 0 Å². The van der Waals surface area contributed by atoms with Gasteiger partial charge in [-0.3, -0.25) is 9.88 Å². The number of rotatable bonds is 3. The predicted octanol–water partition coefficient (Wildman–Crippen LogP) is 1.48. The Morgan fingerprint density at radius 3 is 2.93 bits per heavy atom. The summed E-state index contributed by atoms with van der Waals surface area (Å²) in [6.45, 7) is 2.48. The van der Waals surface area contributed by atoms with Gasteiger partial charge in [-0.15, -0.1) is 0 Å². The summed E-state index contributed by atoms with van der Waals surface area (Å²) in [5.41, 5.74) is 3.52. The van der Waals surface area contributed by atoms with Crippen LogP contribution >= 0.6 is 0 Å². The fourth-order valence-electron chi connectivity index (χ4n) is 4.98. The van der Waals surface area contributed by atoms with Gasteiger partial charge in [0.05, 0.1) is 5.69 Å². The summed E-state index contributed by atoms with van der Waals surface area (Å²) in [5.74, 6) is 2.68. The zero-order chi connectivity index (χ0) is 19.9. The molecule has 1 aromatic carbocycles. The Kier molecular flexibility index (Phi) is 4.27. The number of nitrogens with zero attached hydrogens (tertiary/aromatic N) is 4. The molecule has 2 aromatic heterocycles. The van der Waals surface area contributed by atoms with Crippen molar-refractivity contribution in [3.63, 3.8) is 0 Å². The standard InChI is InChI=1S/C23H25N7/c1-2-8-17(9-3-1)21-27-22-25-15-28(14-18-10-6-7-13-24-18)16-29(22)23-26-19-11-4-5-12-20(19)30(21)23/h1-2,4-7,10-13,17,21H,3,8-9,14-16H2,(H,25,27)/p+2. The first-order chi connectivity index (χ1) is 14.9. The van der Waals surface area contributed by atoms with E-state index in [1.165, 1.54) is 22.4 Å². The molecule has 152 valence electrons. The maximum Gasteiger partial charge on any atom is 0.372 e. The van der Waals surface area contributed by atoms with Crippen LogP contribution in [0, 0.1) is 5.92 Å². The molecule has 3 N–H and O–H groups in total. The van der Waals surface area contributed by atoms with E-state index in [4.69, 9.17) is 4.99 Å². The number of anilines is 1. The summed E-state index contributed by atoms with van der Waals surface area (Å²) in [5, 5.41) is 3.80. The van der Waals surface area contributed by atoms with Gasteiger partial charge in [-0.2, -0.15) is 9.89 Å². The number of hydrogen-bond donors (Lipinski definition) is 3. The van der Waals surface area contributed by atoms with Gasteiger partial charge in [0.2, 0.25) is 6.67 Å². The molecule has 1 aliphatic carbocycles. The number of allylic oxidation sites excluding steroid dienone is 2. The molecule has 0 spiro atoms. The molecule has 7 heteroatoms. The summed E-state index contributed by atoms with van der Waals surface area (Å²) in [6, 6.07) is 14.7. The zero-order valence-corrected chi connectivity index (χ0v) is 17.0. The van der Waals surface area contributed by atoms with Crippen molar-refractivity contribution >= 4 is 22.9 Å². The Labute approximate surface area is 175 Å². The first kappa shape index (κ1) is 17.7. The number of benzene rings is 1. The van der Waals surface area contributed by atoms with E-state index in [0.29, 0.717) is 5.92 Å². The molecular formula is C23H27N7+2. The van der Waals surface area contributed by atoms with Gasteiger partial charge in [-0.25, -0.2) is 9.55 Å². The number of fused-ring (bicyclic) bond motifs is 5. The summed E-state index contributed by atoms with van der Waals surface area (Å²) < 4.78 is 2.46. The van der Waals surface area contributed by atoms with Crippen LogP contribution in [0.3, 0.4) is 0 Å². The van der Waals surface area contributed by atoms with E-state index in [1.54, 1.807) is 0 Å². The molecule has 0 saturated carbocycles. The minimum Gasteiger partial charge on any atom is -0.309 e. The van der Waals surface area contributed by atoms with Crippen molar-refractivity contribution < 1.29 is 9.47 Å². The molecule has 7 nitrogen and oxygen atoms in total. The summed E-state index contributed by atoms with van der Waals surface area (Å²) >= 11 is 0. The minimum absolute atomic E-state index is 0.216. The lowest BCUT2D eigenvalue weighted by molar-refractivity contribution is -0.914. The van der Waals surface area contributed by atoms with Crippen molar-refractivity contribution in [1.82, 2.24) is 15.3 Å². The largest absolute Gasteiger partial charge is 0.372 e. The number of para-hydroxylation sites is 2. The van der Waals surface area contributed by atoms with Gasteiger partial charge >= 0.3 is 5.95 Å². The highest BCUT2D eigenvalue weighted by Gasteiger charge is 2.45. The lowest BCUT2D eigenvalue weighted by Gasteiger charge is -2.37. The molecule has 30 heavy (non-hydrogen) atoms. The molecule has 6 rings (SSSR count). The molecule has 0 radical (unpaired) electrons. The third kappa shape index (κ3) is 2.97. The number of aromatic amines is 1. The monoisotopic (exact) mass is 401 g/mol. The van der Waals surface area contributed by atoms with Crippen molar-refractivity contribution in [2.75, 3.05) is 18.2 Å². The number of pyridine rings is 1. The Morgan fingerprint density at radius 1 is 1.13 bits per heavy atom. The van der Waals surface area contributed by atoms with E-state index >= 15 is 0 Å². The third-order valence-corrected chi connectivity index (χ3v) is 6.45. The summed E-state index contributed by atoms with van der Waals surface area (Å²) in [7, 11) is 0. The Bertz CT molecular complexity index is 1120. The Hall–Kier alpha value is -3.19. The van der Waals surface area contributed by atoms with Gasteiger partial charge in [0.25, 0.3) is 5.96 Å². The molecule has 0 saturated heterocycles. The Morgan fingerprint density at radius 2 is 2.07 bits per heavy atom. The molecule has 0 amide bonds. The molecule has 4 heterocycles. The van der Waals surface area contributed by atoms with Gasteiger partial charge in [-0.1, -0.05) is 30.4 Å². The average molecular weight is 402 g/mol. The average Bonchev–Trinajstić information content (AvgIpc) is 3.20. The molecular weight excluding hydrogens is 374 g/mol. The lowest BCUT2D eigenvalue weighted by atomic mass is 9.91. The van der Waals surface area contributed by atoms with Crippen molar-refractivity contribution in [2.24, 2.45) is 10.9 Å². The highest BCUT2D eigenvalue weighted by atomic mass is 15.5. The number of quaternary nitrogens is 1. The fourth-order valence-corrected chi connectivity index (χ4v) is 4.98. The normalized spacial score (nSPS) is 25.4. The number of imidazole rings is 1. The molecule has 0 fully saturated rings. The second-order valence-electron chi connectivity index (χ2n) is 8.44. The molecule has 3 atom stereocenters. The van der Waals surface area contributed by atoms with Crippen LogP contribution in [0.1, 0.15) is 31.1 Å². The zero-order valence-electron chi connectivity index (χ0n) is 17.0. The predicted molar refractivity (Wildman–Crippen MR) is 116 cm³/mol. The number of hydrogen-bond acceptors (Lipinski definition) is 4. The first-order valence-electron chi connectivity index (χ1n) is 10.9. The molecule has 3 aliphatic rings. The number of guanidine groups is 1. The number of aromatic nitrogens is 3. The topological polar surface area (TPSA) is 64.6 Å². The highest BCUT2D eigenvalue weighted by Crippen LogP contribution is 2.30. The van der Waals surface area contributed by atoms with E-state index in [1.807, 2.05) is 12.3 Å². The number of nitrogens with one attached hydrogen (secondary N) is 3. The van der Waals surface area contributed by atoms with Crippen LogP contribution in [-0.4, -0.2) is 29.3 Å². The van der Waals surface area contributed by atoms with Gasteiger partial charge in [0, 0.05) is 12.1 Å². The van der Waals surface area contributed by atoms with E-state index in [9.17, 15) is 0 Å². The maximum atomic E-state index is 4.96. The van der Waals surface area contributed by atoms with Crippen molar-refractivity contribution in [3.8, 4) is 0 Å². The molecule has 3 aromatic rings. The third-order valence-electron chi connectivity index (χ3n) is 6.45. The van der Waals surface area contributed by atoms with Crippen LogP contribution in [0.5, 0.6) is 0 Å². The van der Waals surface area contributed by atoms with E-state index in [-0.39, 0.29) is 6.17 Å². The van der Waals surface area contributed by atoms with Crippen LogP contribution in [-0.2, 0) is 6.54 Å². The van der Waals surface area contributed by atoms with Crippen LogP contribution in [0.4, 0.5) is 5.95 Å². The van der Waals surface area contributed by atoms with E-state index in [0.717, 1.165) is 50.3 Å². The van der Waals surface area contributed by atoms with Crippen LogP contribution < -0.4 is 19.7 Å². The molecule has 0 bridgehead atoms. The molecule has 3 unspecified atom stereocenters. The maximum absolute atomic E-state index is 4.96. The molecule has 2 aliphatic heterocycles. The van der Waals surface area contributed by atoms with Crippen LogP contribution in [0.25, 0.3) is 11.0 Å². The van der Waals surface area contributed by atoms with Crippen LogP contribution in [0.15, 0.2) is 65.8 Å². The second kappa shape index (κ2) is 7.25. The Balaban J connectivity index is 1.38. The quantitative estimate of drug-likeness (QED) is 0.460.